The molecule has 0 saturated heterocycles. The summed E-state index contributed by atoms with van der Waals surface area (Å²) >= 11 is -4.61. The third-order valence-corrected chi connectivity index (χ3v) is 39.3. The van der Waals surface area contributed by atoms with Crippen LogP contribution in [0.5, 0.6) is 0 Å². The fourth-order valence-electron chi connectivity index (χ4n) is 5.16. The molecule has 0 bridgehead atoms. The van der Waals surface area contributed by atoms with Gasteiger partial charge < -0.3 is 24.8 Å². The van der Waals surface area contributed by atoms with Crippen LogP contribution in [0.1, 0.15) is 40.9 Å². The van der Waals surface area contributed by atoms with E-state index in [1.165, 1.54) is 30.4 Å². The Morgan fingerprint density at radius 2 is 1.56 bits per heavy atom. The van der Waals surface area contributed by atoms with E-state index >= 15 is 0 Å². The van der Waals surface area contributed by atoms with Gasteiger partial charge in [-0.25, -0.2) is 0 Å². The first-order chi connectivity index (χ1) is 11.1. The van der Waals surface area contributed by atoms with Gasteiger partial charge in [0.15, 0.2) is 0 Å². The van der Waals surface area contributed by atoms with Crippen molar-refractivity contribution in [3.05, 3.63) is 65.3 Å². The summed E-state index contributed by atoms with van der Waals surface area (Å²) in [4.78, 5) is 0. The van der Waals surface area contributed by atoms with E-state index in [0.29, 0.717) is 7.25 Å². The van der Waals surface area contributed by atoms with Gasteiger partial charge in [-0.05, 0) is 0 Å². The molecule has 27 heavy (non-hydrogen) atoms. The molecule has 2 atom stereocenters. The van der Waals surface area contributed by atoms with Crippen LogP contribution in [0.4, 0.5) is 0 Å². The molecule has 1 aromatic carbocycles. The van der Waals surface area contributed by atoms with Crippen LogP contribution < -0.4 is 24.8 Å². The molecule has 0 saturated carbocycles. The third kappa shape index (κ3) is 4.15. The average molecular weight is 519 g/mol. The van der Waals surface area contributed by atoms with Gasteiger partial charge >= 0.3 is 149 Å². The van der Waals surface area contributed by atoms with Crippen LogP contribution in [0.2, 0.25) is 22.2 Å². The molecule has 2 aliphatic rings. The minimum absolute atomic E-state index is 0. The summed E-state index contributed by atoms with van der Waals surface area (Å²) in [5.41, 5.74) is 4.51. The van der Waals surface area contributed by atoms with E-state index in [1.807, 2.05) is 0 Å². The second-order valence-electron chi connectivity index (χ2n) is 14.6. The zero-order chi connectivity index (χ0) is 18.7. The van der Waals surface area contributed by atoms with E-state index in [1.54, 1.807) is 5.57 Å². The first-order valence-corrected chi connectivity index (χ1v) is 34.5. The van der Waals surface area contributed by atoms with Gasteiger partial charge in [-0.3, -0.25) is 0 Å². The third-order valence-electron chi connectivity index (χ3n) is 7.39. The number of hydrogen-bond donors (Lipinski definition) is 0. The van der Waals surface area contributed by atoms with Crippen LogP contribution in [0.25, 0.3) is 6.08 Å². The van der Waals surface area contributed by atoms with Gasteiger partial charge in [-0.2, -0.15) is 0 Å². The van der Waals surface area contributed by atoms with Gasteiger partial charge in [0.2, 0.25) is 0 Å². The summed E-state index contributed by atoms with van der Waals surface area (Å²) in [7, 11) is 0. The molecular weight excluding hydrogens is 483 g/mol. The molecule has 5 heteroatoms. The molecule has 0 fully saturated rings. The van der Waals surface area contributed by atoms with Crippen LogP contribution in [-0.2, 0) is 11.6 Å². The minimum atomic E-state index is -4.61. The first kappa shape index (κ1) is 25.4. The van der Waals surface area contributed by atoms with E-state index in [0.717, 1.165) is 0 Å². The van der Waals surface area contributed by atoms with Crippen molar-refractivity contribution in [3.8, 4) is 0 Å². The number of unbranched alkanes of at least 4 members (excludes halogenated alkanes) is 1. The smallest absolute Gasteiger partial charge is 1.00 e. The Morgan fingerprint density at radius 1 is 0.926 bits per heavy atom. The van der Waals surface area contributed by atoms with Gasteiger partial charge in [-0.15, -0.1) is 0 Å². The predicted octanol–water partition coefficient (Wildman–Crippen LogP) is -0.177. The van der Waals surface area contributed by atoms with E-state index in [2.05, 4.69) is 93.9 Å². The Kier molecular flexibility index (Phi) is 5.19. The maximum Gasteiger partial charge on any atom is -1.00 e. The number of rotatable bonds is 5. The minimum Gasteiger partial charge on any atom is -1.00 e. The Labute approximate surface area is 172 Å². The second kappa shape index (κ2) is 5.52. The molecule has 3 rings (SSSR count). The Bertz CT molecular complexity index is 1100. The molecule has 0 aromatic heterocycles. The van der Waals surface area contributed by atoms with Crippen molar-refractivity contribution < 1.29 is 36.4 Å². The maximum absolute atomic E-state index is 4.61. The molecule has 2 unspecified atom stereocenters. The van der Waals surface area contributed by atoms with Crippen molar-refractivity contribution in [3.63, 3.8) is 0 Å². The van der Waals surface area contributed by atoms with E-state index in [9.17, 15) is 0 Å². The number of fused-ring (bicyclic) bond motifs is 1. The fraction of sp³-hybridized carbons (Fsp3) is 0.455. The van der Waals surface area contributed by atoms with Crippen LogP contribution in [0, 0.1) is 0 Å². The van der Waals surface area contributed by atoms with Gasteiger partial charge in [-0.1, -0.05) is 0 Å². The van der Waals surface area contributed by atoms with Gasteiger partial charge in [0.1, 0.15) is 0 Å². The normalized spacial score (nSPS) is 26.3. The molecule has 0 aliphatic heterocycles. The Morgan fingerprint density at radius 3 is 2.19 bits per heavy atom. The molecule has 1 aromatic rings. The summed E-state index contributed by atoms with van der Waals surface area (Å²) in [6.45, 7) is 7.08. The monoisotopic (exact) mass is 516 g/mol. The zero-order valence-electron chi connectivity index (χ0n) is 17.6. The van der Waals surface area contributed by atoms with Crippen molar-refractivity contribution >= 4 is 19.8 Å². The average Bonchev–Trinajstić information content (AvgIpc) is 3.11. The first-order valence-electron chi connectivity index (χ1n) is 9.99. The van der Waals surface area contributed by atoms with E-state index in [-0.39, 0.29) is 24.8 Å². The van der Waals surface area contributed by atoms with Crippen LogP contribution in [-0.4, -0.2) is 13.8 Å². The number of allylic oxidation sites excluding steroid dienone is 5. The Hall–Kier alpha value is 0.337. The molecule has 0 N–H and O–H groups in total. The molecule has 0 nitrogen and oxygen atoms in total. The van der Waals surface area contributed by atoms with E-state index in [4.69, 9.17) is 0 Å². The van der Waals surface area contributed by atoms with Gasteiger partial charge in [0.05, 0.1) is 0 Å². The van der Waals surface area contributed by atoms with Crippen molar-refractivity contribution in [1.29, 1.82) is 0 Å². The van der Waals surface area contributed by atoms with Crippen LogP contribution in [0.3, 0.4) is 0 Å². The summed E-state index contributed by atoms with van der Waals surface area (Å²) in [6.07, 6.45) is 16.3. The van der Waals surface area contributed by atoms with Gasteiger partial charge in [0, 0.05) is 0 Å². The van der Waals surface area contributed by atoms with Crippen molar-refractivity contribution in [2.24, 2.45) is 0 Å². The number of benzene rings is 1. The largest absolute Gasteiger partial charge is 1.00 e. The topological polar surface area (TPSA) is 0 Å². The standard InChI is InChI=1S/C9H7.C9H13.4CH3.2ClH.2H2Si.Zr/c1-2-5-9-7-3-6-8(9)4-1;1-2-3-6-9-7-4-5-8-9;;;;;;;;;/h1-7H;4-5,7-8H,2-3,6H2,1H3;4*1H3;2*1H;2*1H2;/p-2. The molecule has 0 amide bonds. The van der Waals surface area contributed by atoms with E-state index < -0.39 is 11.6 Å². The fourth-order valence-corrected chi connectivity index (χ4v) is 27.7. The van der Waals surface area contributed by atoms with Crippen LogP contribution in [0.15, 0.2) is 54.1 Å². The van der Waals surface area contributed by atoms with Crippen LogP contribution >= 0.6 is 0 Å². The van der Waals surface area contributed by atoms with Crippen molar-refractivity contribution in [2.75, 3.05) is 0 Å². The summed E-state index contributed by atoms with van der Waals surface area (Å²) in [5.74, 6) is 0. The quantitative estimate of drug-likeness (QED) is 0.475. The molecular formula is C22H36Cl2Si2Zr-2. The summed E-state index contributed by atoms with van der Waals surface area (Å²) < 4.78 is 11.8. The molecule has 2 aliphatic carbocycles. The molecule has 152 valence electrons. The van der Waals surface area contributed by atoms with Crippen molar-refractivity contribution in [1.82, 2.24) is 0 Å². The summed E-state index contributed by atoms with van der Waals surface area (Å²) in [5, 5.41) is 0. The zero-order valence-corrected chi connectivity index (χ0v) is 24.4. The van der Waals surface area contributed by atoms with Crippen molar-refractivity contribution in [2.45, 2.75) is 52.0 Å². The summed E-state index contributed by atoms with van der Waals surface area (Å²) in [6, 6.07) is 9.03. The maximum atomic E-state index is 2.70. The van der Waals surface area contributed by atoms with Gasteiger partial charge in [0.25, 0.3) is 0 Å². The predicted molar refractivity (Wildman–Crippen MR) is 119 cm³/mol. The number of hydrogen-bond acceptors (Lipinski definition) is 0. The SMILES string of the molecule is CCCCC1=C[CH]([Zr]([CH3])([CH3])([CH3])([CH3])(=[SiH2])(=[SiH2])[CH]2C=Cc3ccccc32)C=C1.[Cl-].[Cl-]. The molecule has 0 spiro atoms. The Balaban J connectivity index is 0.00000182. The number of halogens is 2. The second-order valence-corrected chi connectivity index (χ2v) is 119. The molecule has 0 heterocycles. The molecule has 0 radical (unpaired) electrons.